The van der Waals surface area contributed by atoms with Crippen LogP contribution in [0.15, 0.2) is 18.2 Å². The molecular formula is C16H22N2O. The van der Waals surface area contributed by atoms with Gasteiger partial charge in [0, 0.05) is 11.1 Å². The van der Waals surface area contributed by atoms with Crippen LogP contribution >= 0.6 is 0 Å². The quantitative estimate of drug-likeness (QED) is 0.801. The van der Waals surface area contributed by atoms with Gasteiger partial charge in [-0.05, 0) is 48.9 Å². The molecule has 2 aliphatic rings. The standard InChI is InChI=1S/C16H22N2O/c1-16(8-2-3-9-16)15(19)18-14-7-4-11-10-12(17)5-6-13(11)14/h5-6,10,14H,2-4,7-9,17H2,1H3,(H,18,19). The average Bonchev–Trinajstić information content (AvgIpc) is 2.97. The van der Waals surface area contributed by atoms with Crippen molar-refractivity contribution in [3.63, 3.8) is 0 Å². The molecule has 3 heteroatoms. The summed E-state index contributed by atoms with van der Waals surface area (Å²) in [6.45, 7) is 2.11. The number of carbonyl (C=O) groups is 1. The fraction of sp³-hybridized carbons (Fsp3) is 0.562. The summed E-state index contributed by atoms with van der Waals surface area (Å²) >= 11 is 0. The molecule has 0 aliphatic heterocycles. The van der Waals surface area contributed by atoms with Gasteiger partial charge in [0.05, 0.1) is 6.04 Å². The molecule has 0 spiro atoms. The number of benzene rings is 1. The van der Waals surface area contributed by atoms with E-state index in [1.165, 1.54) is 24.0 Å². The van der Waals surface area contributed by atoms with Crippen LogP contribution in [-0.2, 0) is 11.2 Å². The molecule has 0 bridgehead atoms. The minimum atomic E-state index is -0.142. The van der Waals surface area contributed by atoms with Gasteiger partial charge in [-0.1, -0.05) is 25.8 Å². The van der Waals surface area contributed by atoms with Crippen molar-refractivity contribution in [3.05, 3.63) is 29.3 Å². The Morgan fingerprint density at radius 1 is 1.37 bits per heavy atom. The molecule has 0 radical (unpaired) electrons. The largest absolute Gasteiger partial charge is 0.399 e. The number of nitrogens with one attached hydrogen (secondary N) is 1. The first-order valence-corrected chi connectivity index (χ1v) is 7.28. The Morgan fingerprint density at radius 2 is 2.11 bits per heavy atom. The number of aryl methyl sites for hydroxylation is 1. The van der Waals surface area contributed by atoms with Crippen LogP contribution in [0.5, 0.6) is 0 Å². The van der Waals surface area contributed by atoms with E-state index in [-0.39, 0.29) is 17.4 Å². The summed E-state index contributed by atoms with van der Waals surface area (Å²) in [5.74, 6) is 0.236. The molecule has 1 aromatic rings. The van der Waals surface area contributed by atoms with Crippen molar-refractivity contribution in [3.8, 4) is 0 Å². The lowest BCUT2D eigenvalue weighted by molar-refractivity contribution is -0.130. The second-order valence-electron chi connectivity index (χ2n) is 6.29. The van der Waals surface area contributed by atoms with E-state index in [0.717, 1.165) is 31.4 Å². The molecule has 1 fully saturated rings. The molecule has 3 nitrogen and oxygen atoms in total. The third kappa shape index (κ3) is 2.22. The van der Waals surface area contributed by atoms with Crippen LogP contribution in [0.2, 0.25) is 0 Å². The molecule has 0 heterocycles. The molecule has 1 saturated carbocycles. The predicted molar refractivity (Wildman–Crippen MR) is 76.6 cm³/mol. The number of hydrogen-bond donors (Lipinski definition) is 2. The molecule has 0 saturated heterocycles. The first-order chi connectivity index (χ1) is 9.08. The Morgan fingerprint density at radius 3 is 2.84 bits per heavy atom. The molecule has 0 aromatic heterocycles. The van der Waals surface area contributed by atoms with E-state index in [1.54, 1.807) is 0 Å². The zero-order valence-corrected chi connectivity index (χ0v) is 11.5. The van der Waals surface area contributed by atoms with Crippen LogP contribution < -0.4 is 11.1 Å². The predicted octanol–water partition coefficient (Wildman–Crippen LogP) is 2.95. The summed E-state index contributed by atoms with van der Waals surface area (Å²) in [5.41, 5.74) is 9.03. The Hall–Kier alpha value is -1.51. The molecule has 1 aromatic carbocycles. The van der Waals surface area contributed by atoms with Gasteiger partial charge in [0.25, 0.3) is 0 Å². The lowest BCUT2D eigenvalue weighted by Gasteiger charge is -2.25. The molecule has 1 unspecified atom stereocenters. The van der Waals surface area contributed by atoms with Crippen molar-refractivity contribution in [2.45, 2.75) is 51.5 Å². The number of nitrogen functional groups attached to an aromatic ring is 1. The minimum absolute atomic E-state index is 0.142. The van der Waals surface area contributed by atoms with Crippen LogP contribution in [0, 0.1) is 5.41 Å². The minimum Gasteiger partial charge on any atom is -0.399 e. The monoisotopic (exact) mass is 258 g/mol. The average molecular weight is 258 g/mol. The van der Waals surface area contributed by atoms with Crippen molar-refractivity contribution in [2.24, 2.45) is 5.41 Å². The summed E-state index contributed by atoms with van der Waals surface area (Å²) in [4.78, 5) is 12.5. The molecule has 3 rings (SSSR count). The normalized spacial score (nSPS) is 24.2. The van der Waals surface area contributed by atoms with Crippen LogP contribution in [0.25, 0.3) is 0 Å². The maximum atomic E-state index is 12.5. The van der Waals surface area contributed by atoms with E-state index < -0.39 is 0 Å². The van der Waals surface area contributed by atoms with Gasteiger partial charge in [-0.25, -0.2) is 0 Å². The highest BCUT2D eigenvalue weighted by atomic mass is 16.2. The highest BCUT2D eigenvalue weighted by Crippen LogP contribution is 2.39. The third-order valence-corrected chi connectivity index (χ3v) is 4.81. The van der Waals surface area contributed by atoms with Crippen LogP contribution in [0.1, 0.15) is 56.2 Å². The number of rotatable bonds is 2. The van der Waals surface area contributed by atoms with Gasteiger partial charge in [0.1, 0.15) is 0 Å². The van der Waals surface area contributed by atoms with Crippen molar-refractivity contribution in [2.75, 3.05) is 5.73 Å². The van der Waals surface area contributed by atoms with Crippen molar-refractivity contribution < 1.29 is 4.79 Å². The van der Waals surface area contributed by atoms with Crippen LogP contribution in [-0.4, -0.2) is 5.91 Å². The zero-order valence-electron chi connectivity index (χ0n) is 11.5. The number of nitrogens with two attached hydrogens (primary N) is 1. The van der Waals surface area contributed by atoms with Gasteiger partial charge in [0.2, 0.25) is 5.91 Å². The van der Waals surface area contributed by atoms with E-state index >= 15 is 0 Å². The molecule has 19 heavy (non-hydrogen) atoms. The van der Waals surface area contributed by atoms with Crippen molar-refractivity contribution in [1.82, 2.24) is 5.32 Å². The zero-order chi connectivity index (χ0) is 13.5. The molecule has 2 aliphatic carbocycles. The van der Waals surface area contributed by atoms with Gasteiger partial charge >= 0.3 is 0 Å². The van der Waals surface area contributed by atoms with E-state index in [2.05, 4.69) is 18.3 Å². The Balaban J connectivity index is 1.74. The SMILES string of the molecule is CC1(C(=O)NC2CCc3cc(N)ccc32)CCCC1. The molecular weight excluding hydrogens is 236 g/mol. The maximum absolute atomic E-state index is 12.5. The van der Waals surface area contributed by atoms with Gasteiger partial charge in [-0.15, -0.1) is 0 Å². The highest BCUT2D eigenvalue weighted by Gasteiger charge is 2.38. The smallest absolute Gasteiger partial charge is 0.226 e. The number of anilines is 1. The lowest BCUT2D eigenvalue weighted by atomic mass is 9.87. The second kappa shape index (κ2) is 4.55. The summed E-state index contributed by atoms with van der Waals surface area (Å²) in [6, 6.07) is 6.22. The van der Waals surface area contributed by atoms with Crippen LogP contribution in [0.4, 0.5) is 5.69 Å². The van der Waals surface area contributed by atoms with E-state index in [0.29, 0.717) is 0 Å². The second-order valence-corrected chi connectivity index (χ2v) is 6.29. The number of fused-ring (bicyclic) bond motifs is 1. The summed E-state index contributed by atoms with van der Waals surface area (Å²) in [5, 5.41) is 3.26. The van der Waals surface area contributed by atoms with Gasteiger partial charge < -0.3 is 11.1 Å². The third-order valence-electron chi connectivity index (χ3n) is 4.81. The van der Waals surface area contributed by atoms with Gasteiger partial charge in [-0.2, -0.15) is 0 Å². The fourth-order valence-electron chi connectivity index (χ4n) is 3.50. The summed E-state index contributed by atoms with van der Waals surface area (Å²) < 4.78 is 0. The summed E-state index contributed by atoms with van der Waals surface area (Å²) in [7, 11) is 0. The lowest BCUT2D eigenvalue weighted by Crippen LogP contribution is -2.38. The van der Waals surface area contributed by atoms with Crippen molar-refractivity contribution >= 4 is 11.6 Å². The Labute approximate surface area is 114 Å². The van der Waals surface area contributed by atoms with E-state index in [1.807, 2.05) is 12.1 Å². The van der Waals surface area contributed by atoms with Gasteiger partial charge in [-0.3, -0.25) is 4.79 Å². The highest BCUT2D eigenvalue weighted by molar-refractivity contribution is 5.83. The van der Waals surface area contributed by atoms with Gasteiger partial charge in [0.15, 0.2) is 0 Å². The molecule has 102 valence electrons. The first kappa shape index (κ1) is 12.5. The first-order valence-electron chi connectivity index (χ1n) is 7.28. The molecule has 1 atom stereocenters. The fourth-order valence-corrected chi connectivity index (χ4v) is 3.50. The number of carbonyl (C=O) groups excluding carboxylic acids is 1. The van der Waals surface area contributed by atoms with E-state index in [4.69, 9.17) is 5.73 Å². The summed E-state index contributed by atoms with van der Waals surface area (Å²) in [6.07, 6.45) is 6.44. The topological polar surface area (TPSA) is 55.1 Å². The number of amides is 1. The Kier molecular flexibility index (Phi) is 3.00. The number of hydrogen-bond acceptors (Lipinski definition) is 2. The maximum Gasteiger partial charge on any atom is 0.226 e. The van der Waals surface area contributed by atoms with Crippen molar-refractivity contribution in [1.29, 1.82) is 0 Å². The molecule has 3 N–H and O–H groups in total. The van der Waals surface area contributed by atoms with Crippen LogP contribution in [0.3, 0.4) is 0 Å². The Bertz CT molecular complexity index is 503. The van der Waals surface area contributed by atoms with E-state index in [9.17, 15) is 4.79 Å². The molecule has 1 amide bonds.